The summed E-state index contributed by atoms with van der Waals surface area (Å²) in [4.78, 5) is 18.9. The van der Waals surface area contributed by atoms with Gasteiger partial charge in [0.05, 0.1) is 11.9 Å². The van der Waals surface area contributed by atoms with Gasteiger partial charge in [-0.3, -0.25) is 4.79 Å². The van der Waals surface area contributed by atoms with Gasteiger partial charge in [-0.25, -0.2) is 9.50 Å². The molecule has 1 aliphatic heterocycles. The summed E-state index contributed by atoms with van der Waals surface area (Å²) in [5.74, 6) is -0.282. The third-order valence-corrected chi connectivity index (χ3v) is 4.89. The van der Waals surface area contributed by atoms with Crippen LogP contribution < -0.4 is 10.6 Å². The van der Waals surface area contributed by atoms with E-state index in [4.69, 9.17) is 5.73 Å². The Morgan fingerprint density at radius 1 is 1.32 bits per heavy atom. The van der Waals surface area contributed by atoms with Crippen molar-refractivity contribution in [1.29, 1.82) is 0 Å². The molecule has 6 nitrogen and oxygen atoms in total. The first-order chi connectivity index (χ1) is 10.7. The molecule has 0 spiro atoms. The second kappa shape index (κ2) is 5.10. The molecular formula is C15H15N5OS. The van der Waals surface area contributed by atoms with Gasteiger partial charge in [-0.15, -0.1) is 5.10 Å². The van der Waals surface area contributed by atoms with Crippen LogP contribution in [-0.4, -0.2) is 33.1 Å². The maximum absolute atomic E-state index is 11.5. The van der Waals surface area contributed by atoms with Gasteiger partial charge in [-0.05, 0) is 12.8 Å². The van der Waals surface area contributed by atoms with E-state index in [0.717, 1.165) is 40.7 Å². The second-order valence-corrected chi connectivity index (χ2v) is 6.29. The van der Waals surface area contributed by atoms with Crippen LogP contribution in [0.5, 0.6) is 0 Å². The van der Waals surface area contributed by atoms with Crippen molar-refractivity contribution in [2.75, 3.05) is 11.4 Å². The molecule has 22 heavy (non-hydrogen) atoms. The van der Waals surface area contributed by atoms with Crippen LogP contribution >= 0.6 is 11.3 Å². The van der Waals surface area contributed by atoms with Crippen molar-refractivity contribution in [2.45, 2.75) is 18.9 Å². The summed E-state index contributed by atoms with van der Waals surface area (Å²) >= 11 is 1.49. The van der Waals surface area contributed by atoms with Crippen LogP contribution in [-0.2, 0) is 4.79 Å². The monoisotopic (exact) mass is 313 g/mol. The van der Waals surface area contributed by atoms with Crippen molar-refractivity contribution in [3.8, 4) is 11.3 Å². The van der Waals surface area contributed by atoms with Crippen LogP contribution in [0.2, 0.25) is 0 Å². The normalized spacial score (nSPS) is 18.2. The van der Waals surface area contributed by atoms with Gasteiger partial charge >= 0.3 is 0 Å². The van der Waals surface area contributed by atoms with Crippen LogP contribution in [0.1, 0.15) is 12.8 Å². The Kier molecular flexibility index (Phi) is 3.07. The number of anilines is 1. The summed E-state index contributed by atoms with van der Waals surface area (Å²) in [6.45, 7) is 0.815. The van der Waals surface area contributed by atoms with Gasteiger partial charge in [0.2, 0.25) is 16.0 Å². The molecular weight excluding hydrogens is 298 g/mol. The maximum Gasteiger partial charge on any atom is 0.240 e. The first kappa shape index (κ1) is 13.3. The molecule has 1 unspecified atom stereocenters. The third-order valence-electron chi connectivity index (χ3n) is 3.93. The summed E-state index contributed by atoms with van der Waals surface area (Å²) in [5, 5.41) is 5.37. The number of hydrogen-bond acceptors (Lipinski definition) is 5. The van der Waals surface area contributed by atoms with Crippen LogP contribution in [0.4, 0.5) is 5.13 Å². The maximum atomic E-state index is 11.5. The van der Waals surface area contributed by atoms with Crippen LogP contribution in [0, 0.1) is 0 Å². The highest BCUT2D eigenvalue weighted by Gasteiger charge is 2.31. The van der Waals surface area contributed by atoms with Crippen molar-refractivity contribution in [2.24, 2.45) is 5.73 Å². The first-order valence-corrected chi connectivity index (χ1v) is 8.01. The van der Waals surface area contributed by atoms with E-state index in [9.17, 15) is 4.79 Å². The van der Waals surface area contributed by atoms with Crippen molar-refractivity contribution < 1.29 is 4.79 Å². The average Bonchev–Trinajstić information content (AvgIpc) is 3.21. The Morgan fingerprint density at radius 2 is 2.14 bits per heavy atom. The molecule has 1 aromatic carbocycles. The van der Waals surface area contributed by atoms with Crippen molar-refractivity contribution >= 4 is 27.3 Å². The Morgan fingerprint density at radius 3 is 2.86 bits per heavy atom. The molecule has 3 heterocycles. The van der Waals surface area contributed by atoms with Gasteiger partial charge in [0.1, 0.15) is 6.04 Å². The number of carbonyl (C=O) groups excluding carboxylic acids is 1. The fourth-order valence-electron chi connectivity index (χ4n) is 2.85. The van der Waals surface area contributed by atoms with Crippen LogP contribution in [0.3, 0.4) is 0 Å². The van der Waals surface area contributed by atoms with Crippen LogP contribution in [0.15, 0.2) is 36.5 Å². The first-order valence-electron chi connectivity index (χ1n) is 7.20. The Hall–Kier alpha value is -2.41. The lowest BCUT2D eigenvalue weighted by atomic mass is 10.2. The quantitative estimate of drug-likeness (QED) is 0.801. The highest BCUT2D eigenvalue weighted by molar-refractivity contribution is 7.20. The van der Waals surface area contributed by atoms with E-state index in [2.05, 4.69) is 10.1 Å². The smallest absolute Gasteiger partial charge is 0.240 e. The van der Waals surface area contributed by atoms with Crippen molar-refractivity contribution in [1.82, 2.24) is 14.6 Å². The number of nitrogens with two attached hydrogens (primary N) is 1. The molecule has 0 radical (unpaired) electrons. The second-order valence-electron chi connectivity index (χ2n) is 5.36. The summed E-state index contributed by atoms with van der Waals surface area (Å²) < 4.78 is 1.78. The number of rotatable bonds is 3. The predicted molar refractivity (Wildman–Crippen MR) is 85.9 cm³/mol. The molecule has 3 aromatic rings. The zero-order chi connectivity index (χ0) is 15.1. The molecule has 1 saturated heterocycles. The van der Waals surface area contributed by atoms with Gasteiger partial charge in [0, 0.05) is 12.1 Å². The minimum atomic E-state index is -0.282. The summed E-state index contributed by atoms with van der Waals surface area (Å²) in [7, 11) is 0. The van der Waals surface area contributed by atoms with Crippen molar-refractivity contribution in [3.05, 3.63) is 36.5 Å². The number of hydrogen-bond donors (Lipinski definition) is 1. The topological polar surface area (TPSA) is 76.5 Å². The number of benzene rings is 1. The van der Waals surface area contributed by atoms with Crippen LogP contribution in [0.25, 0.3) is 16.2 Å². The number of aromatic nitrogens is 3. The minimum absolute atomic E-state index is 0.246. The third kappa shape index (κ3) is 2.14. The highest BCUT2D eigenvalue weighted by Crippen LogP contribution is 2.31. The SMILES string of the molecule is NC(=O)C1CCCN1c1nn2cc(-c3ccccc3)nc2s1. The van der Waals surface area contributed by atoms with E-state index in [-0.39, 0.29) is 11.9 Å². The fourth-order valence-corrected chi connectivity index (χ4v) is 3.80. The van der Waals surface area contributed by atoms with E-state index in [1.807, 2.05) is 41.4 Å². The zero-order valence-corrected chi connectivity index (χ0v) is 12.7. The number of amides is 1. The average molecular weight is 313 g/mol. The molecule has 1 atom stereocenters. The van der Waals surface area contributed by atoms with E-state index in [1.54, 1.807) is 4.52 Å². The molecule has 2 aromatic heterocycles. The molecule has 0 aliphatic carbocycles. The fraction of sp³-hybridized carbons (Fsp3) is 0.267. The Bertz CT molecular complexity index is 793. The van der Waals surface area contributed by atoms with E-state index >= 15 is 0 Å². The standard InChI is InChI=1S/C15H15N5OS/c16-13(21)12-7-4-8-19(12)15-18-20-9-11(17-14(20)22-15)10-5-2-1-3-6-10/h1-3,5-6,9,12H,4,7-8H2,(H2,16,21). The molecule has 1 aliphatic rings. The molecule has 0 saturated carbocycles. The largest absolute Gasteiger partial charge is 0.368 e. The van der Waals surface area contributed by atoms with Gasteiger partial charge in [0.15, 0.2) is 0 Å². The number of imidazole rings is 1. The number of carbonyl (C=O) groups is 1. The minimum Gasteiger partial charge on any atom is -0.368 e. The predicted octanol–water partition coefficient (Wildman–Crippen LogP) is 1.91. The van der Waals surface area contributed by atoms with E-state index < -0.39 is 0 Å². The van der Waals surface area contributed by atoms with Gasteiger partial charge in [0.25, 0.3) is 0 Å². The lowest BCUT2D eigenvalue weighted by Gasteiger charge is -2.20. The summed E-state index contributed by atoms with van der Waals surface area (Å²) in [6, 6.07) is 9.76. The lowest BCUT2D eigenvalue weighted by Crippen LogP contribution is -2.40. The van der Waals surface area contributed by atoms with E-state index in [1.165, 1.54) is 11.3 Å². The Labute approximate surface area is 131 Å². The molecule has 7 heteroatoms. The molecule has 4 rings (SSSR count). The summed E-state index contributed by atoms with van der Waals surface area (Å²) in [6.07, 6.45) is 3.68. The van der Waals surface area contributed by atoms with E-state index in [0.29, 0.717) is 0 Å². The number of fused-ring (bicyclic) bond motifs is 1. The van der Waals surface area contributed by atoms with Gasteiger partial charge in [-0.1, -0.05) is 41.7 Å². The molecule has 112 valence electrons. The molecule has 1 fully saturated rings. The summed E-state index contributed by atoms with van der Waals surface area (Å²) in [5.41, 5.74) is 7.44. The molecule has 0 bridgehead atoms. The lowest BCUT2D eigenvalue weighted by molar-refractivity contribution is -0.119. The molecule has 1 amide bonds. The van der Waals surface area contributed by atoms with Gasteiger partial charge < -0.3 is 10.6 Å². The zero-order valence-electron chi connectivity index (χ0n) is 11.8. The Balaban J connectivity index is 1.68. The van der Waals surface area contributed by atoms with Gasteiger partial charge in [-0.2, -0.15) is 0 Å². The van der Waals surface area contributed by atoms with Crippen molar-refractivity contribution in [3.63, 3.8) is 0 Å². The number of nitrogens with zero attached hydrogens (tertiary/aromatic N) is 4. The molecule has 2 N–H and O–H groups in total. The highest BCUT2D eigenvalue weighted by atomic mass is 32.1. The number of primary amides is 1.